The molecule has 2 amide bonds. The number of rotatable bonds is 8. The molecule has 1 aliphatic heterocycles. The summed E-state index contributed by atoms with van der Waals surface area (Å²) in [6.45, 7) is 3.61. The van der Waals surface area contributed by atoms with Crippen LogP contribution in [-0.4, -0.2) is 54.5 Å². The Labute approximate surface area is 194 Å². The highest BCUT2D eigenvalue weighted by Crippen LogP contribution is 2.15. The third kappa shape index (κ3) is 6.32. The molecule has 0 saturated carbocycles. The zero-order valence-corrected chi connectivity index (χ0v) is 18.5. The summed E-state index contributed by atoms with van der Waals surface area (Å²) in [6, 6.07) is 22.7. The molecule has 2 heterocycles. The molecule has 7 heteroatoms. The third-order valence-corrected chi connectivity index (χ3v) is 5.57. The number of aromatic nitrogens is 1. The van der Waals surface area contributed by atoms with Gasteiger partial charge in [0.05, 0.1) is 13.0 Å². The molecule has 1 aliphatic rings. The number of carbonyl (C=O) groups is 2. The lowest BCUT2D eigenvalue weighted by Gasteiger charge is -2.35. The van der Waals surface area contributed by atoms with Gasteiger partial charge in [-0.25, -0.2) is 4.98 Å². The van der Waals surface area contributed by atoms with Gasteiger partial charge in [-0.2, -0.15) is 0 Å². The predicted molar refractivity (Wildman–Crippen MR) is 127 cm³/mol. The summed E-state index contributed by atoms with van der Waals surface area (Å²) in [5.74, 6) is 1.66. The fraction of sp³-hybridized carbons (Fsp3) is 0.269. The zero-order chi connectivity index (χ0) is 22.9. The monoisotopic (exact) mass is 444 g/mol. The number of hydrogen-bond donors (Lipinski definition) is 1. The summed E-state index contributed by atoms with van der Waals surface area (Å²) in [7, 11) is 0. The van der Waals surface area contributed by atoms with Gasteiger partial charge in [-0.05, 0) is 42.0 Å². The van der Waals surface area contributed by atoms with E-state index in [1.54, 1.807) is 6.20 Å². The summed E-state index contributed by atoms with van der Waals surface area (Å²) >= 11 is 0. The SMILES string of the molecule is O=C(CCOc1ccccc1)NCc1ccc(C(=O)N2CCN(c3ccccn3)CC2)cc1. The Bertz CT molecular complexity index is 1030. The molecule has 170 valence electrons. The Balaban J connectivity index is 1.19. The second kappa shape index (κ2) is 11.1. The van der Waals surface area contributed by atoms with E-state index < -0.39 is 0 Å². The van der Waals surface area contributed by atoms with E-state index in [0.717, 1.165) is 30.2 Å². The fourth-order valence-electron chi connectivity index (χ4n) is 3.69. The van der Waals surface area contributed by atoms with Gasteiger partial charge in [0.15, 0.2) is 0 Å². The highest BCUT2D eigenvalue weighted by molar-refractivity contribution is 5.94. The van der Waals surface area contributed by atoms with Crippen LogP contribution in [0.15, 0.2) is 79.0 Å². The lowest BCUT2D eigenvalue weighted by Crippen LogP contribution is -2.49. The second-order valence-corrected chi connectivity index (χ2v) is 7.85. The Morgan fingerprint density at radius 2 is 1.61 bits per heavy atom. The van der Waals surface area contributed by atoms with Crippen molar-refractivity contribution in [1.82, 2.24) is 15.2 Å². The van der Waals surface area contributed by atoms with Gasteiger partial charge in [0, 0.05) is 44.5 Å². The quantitative estimate of drug-likeness (QED) is 0.578. The van der Waals surface area contributed by atoms with Crippen LogP contribution in [0.5, 0.6) is 5.75 Å². The van der Waals surface area contributed by atoms with Gasteiger partial charge in [-0.15, -0.1) is 0 Å². The maximum Gasteiger partial charge on any atom is 0.253 e. The first kappa shape index (κ1) is 22.3. The third-order valence-electron chi connectivity index (χ3n) is 5.57. The molecule has 0 spiro atoms. The van der Waals surface area contributed by atoms with Crippen molar-refractivity contribution in [3.63, 3.8) is 0 Å². The van der Waals surface area contributed by atoms with Crippen LogP contribution in [0.4, 0.5) is 5.82 Å². The minimum atomic E-state index is -0.0724. The van der Waals surface area contributed by atoms with Gasteiger partial charge in [0.1, 0.15) is 11.6 Å². The Morgan fingerprint density at radius 1 is 0.879 bits per heavy atom. The number of para-hydroxylation sites is 1. The highest BCUT2D eigenvalue weighted by Gasteiger charge is 2.22. The van der Waals surface area contributed by atoms with Gasteiger partial charge < -0.3 is 19.9 Å². The van der Waals surface area contributed by atoms with Crippen LogP contribution in [0, 0.1) is 0 Å². The molecule has 33 heavy (non-hydrogen) atoms. The molecule has 0 aliphatic carbocycles. The molecule has 0 radical (unpaired) electrons. The molecule has 0 unspecified atom stereocenters. The smallest absolute Gasteiger partial charge is 0.253 e. The normalized spacial score (nSPS) is 13.5. The van der Waals surface area contributed by atoms with E-state index in [0.29, 0.717) is 31.8 Å². The van der Waals surface area contributed by atoms with Crippen LogP contribution in [0.25, 0.3) is 0 Å². The van der Waals surface area contributed by atoms with E-state index in [2.05, 4.69) is 15.2 Å². The lowest BCUT2D eigenvalue weighted by molar-refractivity contribution is -0.121. The molecular weight excluding hydrogens is 416 g/mol. The van der Waals surface area contributed by atoms with Crippen molar-refractivity contribution in [3.05, 3.63) is 90.1 Å². The van der Waals surface area contributed by atoms with Crippen LogP contribution < -0.4 is 15.0 Å². The fourth-order valence-corrected chi connectivity index (χ4v) is 3.69. The molecule has 0 atom stereocenters. The number of ether oxygens (including phenoxy) is 1. The van der Waals surface area contributed by atoms with Crippen molar-refractivity contribution < 1.29 is 14.3 Å². The van der Waals surface area contributed by atoms with Crippen LogP contribution >= 0.6 is 0 Å². The van der Waals surface area contributed by atoms with E-state index in [9.17, 15) is 9.59 Å². The van der Waals surface area contributed by atoms with E-state index >= 15 is 0 Å². The van der Waals surface area contributed by atoms with Crippen molar-refractivity contribution >= 4 is 17.6 Å². The minimum Gasteiger partial charge on any atom is -0.493 e. The van der Waals surface area contributed by atoms with Crippen LogP contribution in [0.1, 0.15) is 22.3 Å². The molecule has 3 aromatic rings. The number of anilines is 1. The molecule has 7 nitrogen and oxygen atoms in total. The van der Waals surface area contributed by atoms with Crippen LogP contribution in [0.2, 0.25) is 0 Å². The van der Waals surface area contributed by atoms with Gasteiger partial charge in [0.2, 0.25) is 5.91 Å². The molecular formula is C26H28N4O3. The number of hydrogen-bond acceptors (Lipinski definition) is 5. The summed E-state index contributed by atoms with van der Waals surface area (Å²) in [5, 5.41) is 2.89. The summed E-state index contributed by atoms with van der Waals surface area (Å²) in [4.78, 5) is 33.4. The predicted octanol–water partition coefficient (Wildman–Crippen LogP) is 3.13. The van der Waals surface area contributed by atoms with E-state index in [1.807, 2.05) is 77.7 Å². The van der Waals surface area contributed by atoms with Crippen molar-refractivity contribution in [2.24, 2.45) is 0 Å². The van der Waals surface area contributed by atoms with Gasteiger partial charge in [0.25, 0.3) is 5.91 Å². The number of carbonyl (C=O) groups excluding carboxylic acids is 2. The Morgan fingerprint density at radius 3 is 2.30 bits per heavy atom. The minimum absolute atomic E-state index is 0.0318. The van der Waals surface area contributed by atoms with E-state index in [4.69, 9.17) is 4.74 Å². The molecule has 1 saturated heterocycles. The number of amides is 2. The first-order valence-electron chi connectivity index (χ1n) is 11.2. The maximum atomic E-state index is 12.9. The zero-order valence-electron chi connectivity index (χ0n) is 18.5. The van der Waals surface area contributed by atoms with Crippen molar-refractivity contribution in [2.75, 3.05) is 37.7 Å². The average Bonchev–Trinajstić information content (AvgIpc) is 2.89. The van der Waals surface area contributed by atoms with Crippen molar-refractivity contribution in [3.8, 4) is 5.75 Å². The van der Waals surface area contributed by atoms with Gasteiger partial charge >= 0.3 is 0 Å². The highest BCUT2D eigenvalue weighted by atomic mass is 16.5. The molecule has 2 aromatic carbocycles. The molecule has 1 N–H and O–H groups in total. The Kier molecular flexibility index (Phi) is 7.53. The molecule has 1 fully saturated rings. The van der Waals surface area contributed by atoms with Crippen LogP contribution in [-0.2, 0) is 11.3 Å². The topological polar surface area (TPSA) is 74.8 Å². The summed E-state index contributed by atoms with van der Waals surface area (Å²) < 4.78 is 5.55. The molecule has 4 rings (SSSR count). The van der Waals surface area contributed by atoms with E-state index in [-0.39, 0.29) is 18.2 Å². The number of pyridine rings is 1. The van der Waals surface area contributed by atoms with E-state index in [1.165, 1.54) is 0 Å². The first-order valence-corrected chi connectivity index (χ1v) is 11.2. The maximum absolute atomic E-state index is 12.9. The first-order chi connectivity index (χ1) is 16.2. The van der Waals surface area contributed by atoms with Crippen molar-refractivity contribution in [1.29, 1.82) is 0 Å². The van der Waals surface area contributed by atoms with Gasteiger partial charge in [-0.1, -0.05) is 36.4 Å². The Hall–Kier alpha value is -3.87. The number of nitrogens with one attached hydrogen (secondary N) is 1. The standard InChI is InChI=1S/C26H28N4O3/c31-25(13-19-33-23-6-2-1-3-7-23)28-20-21-9-11-22(12-10-21)26(32)30-17-15-29(16-18-30)24-8-4-5-14-27-24/h1-12,14H,13,15-20H2,(H,28,31). The number of piperazine rings is 1. The molecule has 1 aromatic heterocycles. The second-order valence-electron chi connectivity index (χ2n) is 7.85. The van der Waals surface area contributed by atoms with Crippen molar-refractivity contribution in [2.45, 2.75) is 13.0 Å². The summed E-state index contributed by atoms with van der Waals surface area (Å²) in [6.07, 6.45) is 2.07. The summed E-state index contributed by atoms with van der Waals surface area (Å²) in [5.41, 5.74) is 1.61. The lowest BCUT2D eigenvalue weighted by atomic mass is 10.1. The number of benzene rings is 2. The number of nitrogens with zero attached hydrogens (tertiary/aromatic N) is 3. The largest absolute Gasteiger partial charge is 0.493 e. The average molecular weight is 445 g/mol. The van der Waals surface area contributed by atoms with Gasteiger partial charge in [-0.3, -0.25) is 9.59 Å². The molecule has 0 bridgehead atoms. The van der Waals surface area contributed by atoms with Crippen LogP contribution in [0.3, 0.4) is 0 Å².